The van der Waals surface area contributed by atoms with E-state index in [0.717, 1.165) is 0 Å². The number of carbonyl (C=O) groups excluding carboxylic acids is 1. The highest BCUT2D eigenvalue weighted by atomic mass is 19.4. The van der Waals surface area contributed by atoms with Crippen LogP contribution in [0.15, 0.2) is 18.3 Å². The quantitative estimate of drug-likeness (QED) is 0.834. The maximum Gasteiger partial charge on any atom is 0.416 e. The van der Waals surface area contributed by atoms with Gasteiger partial charge in [0.05, 0.1) is 0 Å². The van der Waals surface area contributed by atoms with Crippen LogP contribution in [0.2, 0.25) is 0 Å². The second-order valence-electron chi connectivity index (χ2n) is 5.37. The third-order valence-electron chi connectivity index (χ3n) is 2.13. The summed E-state index contributed by atoms with van der Waals surface area (Å²) in [5.74, 6) is -0.0865. The minimum absolute atomic E-state index is 0.0865. The Morgan fingerprint density at radius 2 is 1.95 bits per heavy atom. The van der Waals surface area contributed by atoms with Gasteiger partial charge in [0.1, 0.15) is 18.0 Å². The fourth-order valence-corrected chi connectivity index (χ4v) is 1.40. The summed E-state index contributed by atoms with van der Waals surface area (Å²) in [6, 6.07) is 3.03. The second-order valence-corrected chi connectivity index (χ2v) is 5.37. The molecule has 0 spiro atoms. The van der Waals surface area contributed by atoms with Crippen LogP contribution in [0.5, 0.6) is 0 Å². The van der Waals surface area contributed by atoms with Gasteiger partial charge >= 0.3 is 12.3 Å². The zero-order chi connectivity index (χ0) is 15.6. The van der Waals surface area contributed by atoms with Gasteiger partial charge in [0.2, 0.25) is 0 Å². The summed E-state index contributed by atoms with van der Waals surface area (Å²) in [4.78, 5) is 16.2. The highest BCUT2D eigenvalue weighted by Crippen LogP contribution is 2.23. The summed E-state index contributed by atoms with van der Waals surface area (Å²) in [7, 11) is 0. The lowest BCUT2D eigenvalue weighted by Crippen LogP contribution is -2.42. The maximum atomic E-state index is 12.6. The van der Waals surface area contributed by atoms with Crippen LogP contribution >= 0.6 is 0 Å². The number of rotatable bonds is 2. The van der Waals surface area contributed by atoms with Gasteiger partial charge in [-0.2, -0.15) is 13.2 Å². The molecule has 0 aliphatic heterocycles. The van der Waals surface area contributed by atoms with E-state index in [0.29, 0.717) is 10.5 Å². The topological polar surface area (TPSA) is 42.4 Å². The highest BCUT2D eigenvalue weighted by Gasteiger charge is 2.36. The van der Waals surface area contributed by atoms with Gasteiger partial charge in [-0.25, -0.2) is 9.78 Å². The molecule has 0 aliphatic rings. The molecule has 0 bridgehead atoms. The van der Waals surface area contributed by atoms with E-state index in [1.165, 1.54) is 12.3 Å². The molecule has 1 aromatic heterocycles. The molecule has 112 valence electrons. The number of halogens is 3. The molecule has 0 saturated carbocycles. The summed E-state index contributed by atoms with van der Waals surface area (Å²) in [6.07, 6.45) is -4.27. The Bertz CT molecular complexity index is 481. The van der Waals surface area contributed by atoms with Crippen molar-refractivity contribution in [2.45, 2.75) is 39.5 Å². The summed E-state index contributed by atoms with van der Waals surface area (Å²) >= 11 is 0. The van der Waals surface area contributed by atoms with Crippen LogP contribution < -0.4 is 4.90 Å². The van der Waals surface area contributed by atoms with Crippen molar-refractivity contribution in [3.05, 3.63) is 23.9 Å². The van der Waals surface area contributed by atoms with E-state index in [4.69, 9.17) is 4.74 Å². The molecular weight excluding hydrogens is 273 g/mol. The van der Waals surface area contributed by atoms with Crippen LogP contribution in [0.1, 0.15) is 26.3 Å². The Morgan fingerprint density at radius 1 is 1.35 bits per heavy atom. The molecule has 1 rings (SSSR count). The van der Waals surface area contributed by atoms with Crippen molar-refractivity contribution in [2.75, 3.05) is 11.4 Å². The van der Waals surface area contributed by atoms with Gasteiger partial charge in [-0.15, -0.1) is 0 Å². The molecule has 0 aromatic carbocycles. The first-order valence-corrected chi connectivity index (χ1v) is 5.98. The Hall–Kier alpha value is -1.79. The Labute approximate surface area is 115 Å². The summed E-state index contributed by atoms with van der Waals surface area (Å²) in [6.45, 7) is 5.01. The summed E-state index contributed by atoms with van der Waals surface area (Å²) in [5.41, 5.74) is -0.184. The van der Waals surface area contributed by atoms with Crippen molar-refractivity contribution in [3.8, 4) is 0 Å². The first-order chi connectivity index (χ1) is 8.98. The minimum Gasteiger partial charge on any atom is -0.443 e. The number of amides is 1. The highest BCUT2D eigenvalue weighted by molar-refractivity contribution is 5.86. The van der Waals surface area contributed by atoms with E-state index < -0.39 is 24.4 Å². The number of alkyl halides is 3. The van der Waals surface area contributed by atoms with Crippen molar-refractivity contribution in [1.29, 1.82) is 0 Å². The number of hydrogen-bond acceptors (Lipinski definition) is 3. The monoisotopic (exact) mass is 290 g/mol. The van der Waals surface area contributed by atoms with E-state index in [2.05, 4.69) is 4.98 Å². The van der Waals surface area contributed by atoms with Gasteiger partial charge in [0.25, 0.3) is 0 Å². The third-order valence-corrected chi connectivity index (χ3v) is 2.13. The molecule has 0 fully saturated rings. The van der Waals surface area contributed by atoms with Gasteiger partial charge in [-0.3, -0.25) is 4.90 Å². The molecule has 7 heteroatoms. The Kier molecular flexibility index (Phi) is 4.62. The van der Waals surface area contributed by atoms with Crippen LogP contribution in [-0.4, -0.2) is 29.4 Å². The third kappa shape index (κ3) is 5.46. The molecule has 4 nitrogen and oxygen atoms in total. The van der Waals surface area contributed by atoms with Gasteiger partial charge in [-0.05, 0) is 45.4 Å². The zero-order valence-electron chi connectivity index (χ0n) is 11.8. The largest absolute Gasteiger partial charge is 0.443 e. The Balaban J connectivity index is 3.06. The number of ether oxygens (including phenoxy) is 1. The van der Waals surface area contributed by atoms with Crippen LogP contribution in [0, 0.1) is 6.92 Å². The average molecular weight is 290 g/mol. The number of carbonyl (C=O) groups is 1. The fraction of sp³-hybridized carbons (Fsp3) is 0.538. The van der Waals surface area contributed by atoms with Crippen molar-refractivity contribution in [3.63, 3.8) is 0 Å². The predicted molar refractivity (Wildman–Crippen MR) is 68.6 cm³/mol. The van der Waals surface area contributed by atoms with Crippen LogP contribution in [0.3, 0.4) is 0 Å². The van der Waals surface area contributed by atoms with E-state index >= 15 is 0 Å². The van der Waals surface area contributed by atoms with Gasteiger partial charge in [-0.1, -0.05) is 0 Å². The molecule has 0 radical (unpaired) electrons. The van der Waals surface area contributed by atoms with Crippen molar-refractivity contribution in [2.24, 2.45) is 0 Å². The molecule has 0 N–H and O–H groups in total. The molecule has 0 unspecified atom stereocenters. The molecule has 1 aromatic rings. The smallest absolute Gasteiger partial charge is 0.416 e. The standard InChI is InChI=1S/C13H17F3N2O2/c1-9-5-6-17-10(7-9)18(8-13(14,15)16)11(19)20-12(2,3)4/h5-7H,8H2,1-4H3. The number of aryl methyl sites for hydroxylation is 1. The van der Waals surface area contributed by atoms with Crippen molar-refractivity contribution >= 4 is 11.9 Å². The van der Waals surface area contributed by atoms with Crippen LogP contribution in [0.25, 0.3) is 0 Å². The predicted octanol–water partition coefficient (Wildman–Crippen LogP) is 3.69. The molecule has 0 atom stereocenters. The van der Waals surface area contributed by atoms with Crippen molar-refractivity contribution < 1.29 is 22.7 Å². The summed E-state index contributed by atoms with van der Waals surface area (Å²) < 4.78 is 42.8. The van der Waals surface area contributed by atoms with Gasteiger partial charge < -0.3 is 4.74 Å². The molecule has 1 amide bonds. The first-order valence-electron chi connectivity index (χ1n) is 5.98. The summed E-state index contributed by atoms with van der Waals surface area (Å²) in [5, 5.41) is 0. The lowest BCUT2D eigenvalue weighted by molar-refractivity contribution is -0.119. The molecule has 0 saturated heterocycles. The van der Waals surface area contributed by atoms with Gasteiger partial charge in [0.15, 0.2) is 0 Å². The average Bonchev–Trinajstić information content (AvgIpc) is 2.22. The van der Waals surface area contributed by atoms with E-state index in [1.807, 2.05) is 0 Å². The van der Waals surface area contributed by atoms with Crippen LogP contribution in [0.4, 0.5) is 23.8 Å². The SMILES string of the molecule is Cc1ccnc(N(CC(F)(F)F)C(=O)OC(C)(C)C)c1. The molecular formula is C13H17F3N2O2. The van der Waals surface area contributed by atoms with Crippen molar-refractivity contribution in [1.82, 2.24) is 4.98 Å². The van der Waals surface area contributed by atoms with E-state index in [9.17, 15) is 18.0 Å². The first kappa shape index (κ1) is 16.3. The number of pyridine rings is 1. The number of aromatic nitrogens is 1. The zero-order valence-corrected chi connectivity index (χ0v) is 11.8. The molecule has 0 aliphatic carbocycles. The number of nitrogens with zero attached hydrogens (tertiary/aromatic N) is 2. The van der Waals surface area contributed by atoms with Gasteiger partial charge in [0, 0.05) is 6.20 Å². The fourth-order valence-electron chi connectivity index (χ4n) is 1.40. The van der Waals surface area contributed by atoms with E-state index in [1.54, 1.807) is 33.8 Å². The normalized spacial score (nSPS) is 12.2. The number of hydrogen-bond donors (Lipinski definition) is 0. The maximum absolute atomic E-state index is 12.6. The molecule has 1 heterocycles. The molecule has 20 heavy (non-hydrogen) atoms. The number of anilines is 1. The Morgan fingerprint density at radius 3 is 2.40 bits per heavy atom. The van der Waals surface area contributed by atoms with Crippen LogP contribution in [-0.2, 0) is 4.74 Å². The lowest BCUT2D eigenvalue weighted by atomic mass is 10.2. The second kappa shape index (κ2) is 5.68. The lowest BCUT2D eigenvalue weighted by Gasteiger charge is -2.27. The minimum atomic E-state index is -4.54. The van der Waals surface area contributed by atoms with E-state index in [-0.39, 0.29) is 5.82 Å².